The van der Waals surface area contributed by atoms with E-state index in [1.165, 1.54) is 17.0 Å². The zero-order valence-electron chi connectivity index (χ0n) is 19.4. The predicted octanol–water partition coefficient (Wildman–Crippen LogP) is 2.04. The number of para-hydroxylation sites is 2. The van der Waals surface area contributed by atoms with Gasteiger partial charge in [-0.15, -0.1) is 0 Å². The highest BCUT2D eigenvalue weighted by Gasteiger charge is 2.36. The first-order valence-electron chi connectivity index (χ1n) is 12.0. The van der Waals surface area contributed by atoms with E-state index in [4.69, 9.17) is 9.47 Å². The molecule has 0 radical (unpaired) electrons. The Balaban J connectivity index is 1.09. The summed E-state index contributed by atoms with van der Waals surface area (Å²) in [5.41, 5.74) is 1.06. The number of piperidine rings is 1. The Labute approximate surface area is 203 Å². The van der Waals surface area contributed by atoms with Crippen LogP contribution < -0.4 is 9.47 Å². The van der Waals surface area contributed by atoms with E-state index in [1.54, 1.807) is 34.1 Å². The van der Waals surface area contributed by atoms with Crippen LogP contribution in [0.1, 0.15) is 24.3 Å². The smallest absolute Gasteiger partial charge is 0.312 e. The van der Waals surface area contributed by atoms with Gasteiger partial charge in [0, 0.05) is 39.3 Å². The van der Waals surface area contributed by atoms with Crippen LogP contribution in [0.3, 0.4) is 0 Å². The van der Waals surface area contributed by atoms with Crippen molar-refractivity contribution < 1.29 is 28.2 Å². The molecule has 0 saturated carbocycles. The maximum Gasteiger partial charge on any atom is 0.312 e. The summed E-state index contributed by atoms with van der Waals surface area (Å²) >= 11 is 0. The number of benzene rings is 2. The summed E-state index contributed by atoms with van der Waals surface area (Å²) in [4.78, 5) is 43.4. The van der Waals surface area contributed by atoms with Crippen molar-refractivity contribution >= 4 is 17.7 Å². The van der Waals surface area contributed by atoms with Crippen LogP contribution in [0.4, 0.5) is 4.39 Å². The Bertz CT molecular complexity index is 1090. The highest BCUT2D eigenvalue weighted by Crippen LogP contribution is 2.31. The van der Waals surface area contributed by atoms with Crippen LogP contribution in [0.5, 0.6) is 11.5 Å². The number of carbonyl (C=O) groups is 3. The van der Waals surface area contributed by atoms with Crippen molar-refractivity contribution in [2.24, 2.45) is 0 Å². The first-order chi connectivity index (χ1) is 17.0. The van der Waals surface area contributed by atoms with Gasteiger partial charge in [-0.05, 0) is 48.6 Å². The molecule has 2 aromatic carbocycles. The summed E-state index contributed by atoms with van der Waals surface area (Å²) < 4.78 is 24.6. The number of amides is 3. The Morgan fingerprint density at radius 2 is 1.31 bits per heavy atom. The summed E-state index contributed by atoms with van der Waals surface area (Å²) in [6.07, 6.45) is 0.746. The van der Waals surface area contributed by atoms with E-state index in [0.717, 1.165) is 18.4 Å². The molecule has 9 heteroatoms. The number of hydrogen-bond donors (Lipinski definition) is 0. The molecule has 184 valence electrons. The van der Waals surface area contributed by atoms with Crippen molar-refractivity contribution in [1.82, 2.24) is 14.7 Å². The second-order valence-electron chi connectivity index (χ2n) is 9.10. The minimum absolute atomic E-state index is 0.140. The van der Waals surface area contributed by atoms with Crippen molar-refractivity contribution in [2.75, 3.05) is 45.9 Å². The van der Waals surface area contributed by atoms with Gasteiger partial charge in [0.2, 0.25) is 6.10 Å². The van der Waals surface area contributed by atoms with Crippen molar-refractivity contribution in [3.05, 3.63) is 59.9 Å². The van der Waals surface area contributed by atoms with E-state index < -0.39 is 17.9 Å². The molecule has 2 saturated heterocycles. The van der Waals surface area contributed by atoms with Crippen LogP contribution in [-0.4, -0.2) is 84.4 Å². The van der Waals surface area contributed by atoms with Gasteiger partial charge in [-0.2, -0.15) is 0 Å². The van der Waals surface area contributed by atoms with Gasteiger partial charge in [0.15, 0.2) is 11.5 Å². The molecule has 0 aromatic heterocycles. The summed E-state index contributed by atoms with van der Waals surface area (Å²) in [5, 5.41) is 0. The Kier molecular flexibility index (Phi) is 6.57. The van der Waals surface area contributed by atoms with E-state index >= 15 is 0 Å². The third-order valence-corrected chi connectivity index (χ3v) is 6.97. The third-order valence-electron chi connectivity index (χ3n) is 6.97. The Morgan fingerprint density at radius 3 is 1.97 bits per heavy atom. The lowest BCUT2D eigenvalue weighted by atomic mass is 9.89. The van der Waals surface area contributed by atoms with Gasteiger partial charge in [0.1, 0.15) is 12.4 Å². The number of piperazine rings is 1. The summed E-state index contributed by atoms with van der Waals surface area (Å²) in [6, 6.07) is 13.7. The fraction of sp³-hybridized carbons (Fsp3) is 0.423. The van der Waals surface area contributed by atoms with Gasteiger partial charge >= 0.3 is 11.8 Å². The maximum absolute atomic E-state index is 13.2. The minimum Gasteiger partial charge on any atom is -0.485 e. The lowest BCUT2D eigenvalue weighted by Crippen LogP contribution is -2.57. The number of hydrogen-bond acceptors (Lipinski definition) is 5. The number of ether oxygens (including phenoxy) is 2. The number of nitrogens with zero attached hydrogens (tertiary/aromatic N) is 3. The van der Waals surface area contributed by atoms with Gasteiger partial charge in [0.25, 0.3) is 5.91 Å². The lowest BCUT2D eigenvalue weighted by molar-refractivity contribution is -0.155. The molecule has 0 N–H and O–H groups in total. The third kappa shape index (κ3) is 4.94. The molecule has 35 heavy (non-hydrogen) atoms. The average molecular weight is 482 g/mol. The molecule has 8 nitrogen and oxygen atoms in total. The van der Waals surface area contributed by atoms with Crippen LogP contribution in [0.25, 0.3) is 0 Å². The number of fused-ring (bicyclic) bond motifs is 1. The van der Waals surface area contributed by atoms with Crippen molar-refractivity contribution in [1.29, 1.82) is 0 Å². The number of carbonyl (C=O) groups excluding carboxylic acids is 3. The van der Waals surface area contributed by atoms with E-state index in [1.807, 2.05) is 12.1 Å². The van der Waals surface area contributed by atoms with Gasteiger partial charge in [0.05, 0.1) is 0 Å². The Morgan fingerprint density at radius 1 is 0.743 bits per heavy atom. The van der Waals surface area contributed by atoms with Gasteiger partial charge < -0.3 is 24.2 Å². The second kappa shape index (κ2) is 9.93. The quantitative estimate of drug-likeness (QED) is 0.614. The van der Waals surface area contributed by atoms with Crippen LogP contribution in [0.2, 0.25) is 0 Å². The van der Waals surface area contributed by atoms with Gasteiger partial charge in [-0.1, -0.05) is 24.3 Å². The monoisotopic (exact) mass is 481 g/mol. The summed E-state index contributed by atoms with van der Waals surface area (Å²) in [6.45, 7) is 2.40. The van der Waals surface area contributed by atoms with E-state index in [9.17, 15) is 18.8 Å². The number of likely N-dealkylation sites (tertiary alicyclic amines) is 1. The topological polar surface area (TPSA) is 79.4 Å². The van der Waals surface area contributed by atoms with Crippen molar-refractivity contribution in [2.45, 2.75) is 24.9 Å². The molecular formula is C26H28FN3O5. The van der Waals surface area contributed by atoms with Crippen LogP contribution >= 0.6 is 0 Å². The largest absolute Gasteiger partial charge is 0.485 e. The molecule has 1 unspecified atom stereocenters. The molecular weight excluding hydrogens is 453 g/mol. The highest BCUT2D eigenvalue weighted by molar-refractivity contribution is 6.34. The zero-order chi connectivity index (χ0) is 24.4. The number of halogens is 1. The summed E-state index contributed by atoms with van der Waals surface area (Å²) in [5.74, 6) is -0.0555. The first kappa shape index (κ1) is 23.1. The zero-order valence-corrected chi connectivity index (χ0v) is 19.4. The molecule has 0 aliphatic carbocycles. The van der Waals surface area contributed by atoms with Gasteiger partial charge in [-0.3, -0.25) is 14.4 Å². The van der Waals surface area contributed by atoms with Gasteiger partial charge in [-0.25, -0.2) is 4.39 Å². The standard InChI is InChI=1S/C26H28FN3O5/c27-20-7-5-18(6-8-20)19-9-11-28(12-10-19)25(32)26(33)30-15-13-29(14-16-30)24(31)23-17-34-21-3-1-2-4-22(21)35-23/h1-8,19,23H,9-17H2. The lowest BCUT2D eigenvalue weighted by Gasteiger charge is -2.38. The highest BCUT2D eigenvalue weighted by atomic mass is 19.1. The van der Waals surface area contributed by atoms with Crippen molar-refractivity contribution in [3.8, 4) is 11.5 Å². The second-order valence-corrected chi connectivity index (χ2v) is 9.10. The Hall–Kier alpha value is -3.62. The molecule has 3 amide bonds. The first-order valence-corrected chi connectivity index (χ1v) is 12.0. The molecule has 2 aromatic rings. The molecule has 5 rings (SSSR count). The molecule has 3 aliphatic rings. The van der Waals surface area contributed by atoms with E-state index in [0.29, 0.717) is 50.8 Å². The molecule has 1 atom stereocenters. The maximum atomic E-state index is 13.2. The van der Waals surface area contributed by atoms with E-state index in [2.05, 4.69) is 0 Å². The van der Waals surface area contributed by atoms with Crippen molar-refractivity contribution in [3.63, 3.8) is 0 Å². The van der Waals surface area contributed by atoms with Crippen LogP contribution in [0, 0.1) is 5.82 Å². The SMILES string of the molecule is O=C(C(=O)N1CCN(C(=O)C2COc3ccccc3O2)CC1)N1CCC(c2ccc(F)cc2)CC1. The average Bonchev–Trinajstić information content (AvgIpc) is 2.92. The van der Waals surface area contributed by atoms with Crippen LogP contribution in [0.15, 0.2) is 48.5 Å². The van der Waals surface area contributed by atoms with E-state index in [-0.39, 0.29) is 24.2 Å². The fourth-order valence-electron chi connectivity index (χ4n) is 4.90. The summed E-state index contributed by atoms with van der Waals surface area (Å²) in [7, 11) is 0. The fourth-order valence-corrected chi connectivity index (χ4v) is 4.90. The predicted molar refractivity (Wildman–Crippen MR) is 124 cm³/mol. The molecule has 0 spiro atoms. The number of rotatable bonds is 2. The molecule has 2 fully saturated rings. The minimum atomic E-state index is -0.726. The molecule has 3 aliphatic heterocycles. The molecule has 3 heterocycles. The van der Waals surface area contributed by atoms with Crippen LogP contribution in [-0.2, 0) is 14.4 Å². The molecule has 0 bridgehead atoms. The normalized spacial score (nSPS) is 20.5.